The van der Waals surface area contributed by atoms with E-state index >= 15 is 0 Å². The second-order valence-electron chi connectivity index (χ2n) is 14.7. The Morgan fingerprint density at radius 3 is 1.83 bits per heavy atom. The topological polar surface area (TPSA) is 208 Å². The number of carboxylic acid groups (broad SMARTS) is 2. The van der Waals surface area contributed by atoms with Crippen molar-refractivity contribution in [2.45, 2.75) is 172 Å². The zero-order valence-corrected chi connectivity index (χ0v) is 36.8. The number of Topliss-reactive ketones (excluding diaryl/α,β-unsaturated/α-hetero) is 1. The van der Waals surface area contributed by atoms with Crippen molar-refractivity contribution < 1.29 is 114 Å². The zero-order chi connectivity index (χ0) is 37.8. The molecule has 1 heterocycles. The number of ketones is 1. The van der Waals surface area contributed by atoms with Crippen LogP contribution in [-0.2, 0) is 19.1 Å². The molecule has 0 aromatic rings. The largest absolute Gasteiger partial charge is 1.00 e. The molecule has 10 atom stereocenters. The third kappa shape index (κ3) is 21.0. The number of fused-ring (bicyclic) bond motifs is 1. The number of carbonyl (C=O) groups excluding carboxylic acids is 3. The van der Waals surface area contributed by atoms with Crippen LogP contribution < -0.4 is 69.3 Å². The van der Waals surface area contributed by atoms with Crippen LogP contribution >= 0.6 is 0 Å². The standard InChI is InChI=1S/C20H34O6.C20H32O5.2Na/c1-2-3-4-7-14(21)10-11-16-17(19(24)13-18(16)23)12-15(22)8-5-6-9-20(25)26;1-2-3-4-7-14(21)10-11-16-17-12-15(8-5-6-9-20(23)24)25-19(17)13-18(16)22;;/h10-11,14,16-19,21,23-24H,2-9,12-13H2,1H3,(H,25,26);8,10-11,14,16-19,21-22H,2-7,9,12-13H2,1H3,(H,23,24);;/q;;2*+1/p-2/b11-10+;11-10+,15-8-;;/t2*14-,16?,17+,18+,19?;;/m00../s1. The molecule has 0 aromatic carbocycles. The minimum atomic E-state index is -1.12. The Bertz CT molecular complexity index is 1130. The average molecular weight is 767 g/mol. The molecule has 5 N–H and O–H groups in total. The maximum Gasteiger partial charge on any atom is 1.00 e. The fourth-order valence-electron chi connectivity index (χ4n) is 7.43. The summed E-state index contributed by atoms with van der Waals surface area (Å²) in [5, 5.41) is 71.4. The number of aliphatic hydroxyl groups excluding tert-OH is 5. The van der Waals surface area contributed by atoms with E-state index < -0.39 is 42.5 Å². The van der Waals surface area contributed by atoms with Gasteiger partial charge >= 0.3 is 59.1 Å². The fraction of sp³-hybridized carbons (Fsp3) is 0.775. The van der Waals surface area contributed by atoms with Gasteiger partial charge in [0.1, 0.15) is 11.9 Å². The molecule has 11 nitrogen and oxygen atoms in total. The van der Waals surface area contributed by atoms with Gasteiger partial charge in [-0.3, -0.25) is 4.79 Å². The minimum Gasteiger partial charge on any atom is -0.550 e. The van der Waals surface area contributed by atoms with Gasteiger partial charge in [-0.2, -0.15) is 0 Å². The van der Waals surface area contributed by atoms with Gasteiger partial charge in [0.2, 0.25) is 0 Å². The van der Waals surface area contributed by atoms with Crippen LogP contribution in [0.3, 0.4) is 0 Å². The summed E-state index contributed by atoms with van der Waals surface area (Å²) in [4.78, 5) is 32.9. The van der Waals surface area contributed by atoms with E-state index in [0.29, 0.717) is 38.5 Å². The third-order valence-corrected chi connectivity index (χ3v) is 10.4. The number of aliphatic hydroxyl groups is 5. The van der Waals surface area contributed by atoms with E-state index in [9.17, 15) is 50.1 Å². The predicted molar refractivity (Wildman–Crippen MR) is 189 cm³/mol. The van der Waals surface area contributed by atoms with E-state index in [1.165, 1.54) is 0 Å². The summed E-state index contributed by atoms with van der Waals surface area (Å²) >= 11 is 0. The first-order valence-corrected chi connectivity index (χ1v) is 19.4. The van der Waals surface area contributed by atoms with Crippen LogP contribution in [0.25, 0.3) is 0 Å². The molecule has 1 aliphatic heterocycles. The van der Waals surface area contributed by atoms with E-state index in [0.717, 1.165) is 57.1 Å². The molecule has 2 saturated carbocycles. The molecule has 0 radical (unpaired) electrons. The Morgan fingerprint density at radius 1 is 0.736 bits per heavy atom. The Morgan fingerprint density at radius 2 is 1.26 bits per heavy atom. The first kappa shape index (κ1) is 52.4. The third-order valence-electron chi connectivity index (χ3n) is 10.4. The smallest absolute Gasteiger partial charge is 0.550 e. The zero-order valence-electron chi connectivity index (χ0n) is 32.8. The maximum absolute atomic E-state index is 12.1. The molecule has 1 saturated heterocycles. The number of carbonyl (C=O) groups is 3. The molecule has 0 bridgehead atoms. The number of allylic oxidation sites excluding steroid dienone is 2. The molecule has 13 heteroatoms. The molecule has 4 unspecified atom stereocenters. The minimum absolute atomic E-state index is 0. The molecule has 3 aliphatic rings. The Labute approximate surface area is 361 Å². The van der Waals surface area contributed by atoms with Crippen molar-refractivity contribution in [2.24, 2.45) is 23.7 Å². The van der Waals surface area contributed by atoms with Gasteiger partial charge in [0, 0.05) is 67.7 Å². The molecular formula is C40H64Na2O11. The molecular weight excluding hydrogens is 702 g/mol. The average Bonchev–Trinajstić information content (AvgIpc) is 3.68. The van der Waals surface area contributed by atoms with Gasteiger partial charge in [-0.1, -0.05) is 76.7 Å². The number of hydrogen-bond acceptors (Lipinski definition) is 11. The van der Waals surface area contributed by atoms with Crippen molar-refractivity contribution in [3.05, 3.63) is 36.1 Å². The molecule has 3 fully saturated rings. The van der Waals surface area contributed by atoms with Gasteiger partial charge in [-0.25, -0.2) is 0 Å². The van der Waals surface area contributed by atoms with Gasteiger partial charge in [0.05, 0.1) is 36.3 Å². The second kappa shape index (κ2) is 29.6. The molecule has 3 rings (SSSR count). The molecule has 53 heavy (non-hydrogen) atoms. The summed E-state index contributed by atoms with van der Waals surface area (Å²) < 4.78 is 5.92. The number of unbranched alkanes of at least 4 members (excludes halogenated alkanes) is 6. The number of aliphatic carboxylic acids is 2. The van der Waals surface area contributed by atoms with Gasteiger partial charge in [0.25, 0.3) is 0 Å². The van der Waals surface area contributed by atoms with Gasteiger partial charge < -0.3 is 50.1 Å². The quantitative estimate of drug-likeness (QED) is 0.0408. The fourth-order valence-corrected chi connectivity index (χ4v) is 7.43. The van der Waals surface area contributed by atoms with E-state index in [2.05, 4.69) is 13.8 Å². The Balaban J connectivity index is 0.000000984. The molecule has 0 aromatic heterocycles. The molecule has 0 amide bonds. The van der Waals surface area contributed by atoms with E-state index in [1.807, 2.05) is 18.2 Å². The van der Waals surface area contributed by atoms with Crippen molar-refractivity contribution in [2.75, 3.05) is 0 Å². The number of carboxylic acids is 2. The van der Waals surface area contributed by atoms with Crippen molar-refractivity contribution in [1.29, 1.82) is 0 Å². The second-order valence-corrected chi connectivity index (χ2v) is 14.7. The van der Waals surface area contributed by atoms with Gasteiger partial charge in [0.15, 0.2) is 0 Å². The summed E-state index contributed by atoms with van der Waals surface area (Å²) in [7, 11) is 0. The van der Waals surface area contributed by atoms with Gasteiger partial charge in [-0.05, 0) is 57.4 Å². The van der Waals surface area contributed by atoms with E-state index in [4.69, 9.17) is 4.74 Å². The van der Waals surface area contributed by atoms with Crippen LogP contribution in [0.5, 0.6) is 0 Å². The van der Waals surface area contributed by atoms with Crippen molar-refractivity contribution in [3.63, 3.8) is 0 Å². The van der Waals surface area contributed by atoms with Gasteiger partial charge in [-0.15, -0.1) is 0 Å². The number of hydrogen-bond donors (Lipinski definition) is 5. The number of rotatable bonds is 23. The molecule has 292 valence electrons. The van der Waals surface area contributed by atoms with E-state index in [-0.39, 0.29) is 127 Å². The van der Waals surface area contributed by atoms with Crippen LogP contribution in [0.2, 0.25) is 0 Å². The first-order chi connectivity index (χ1) is 24.4. The summed E-state index contributed by atoms with van der Waals surface area (Å²) in [5.74, 6) is -1.73. The van der Waals surface area contributed by atoms with Crippen molar-refractivity contribution in [1.82, 2.24) is 0 Å². The van der Waals surface area contributed by atoms with Crippen molar-refractivity contribution >= 4 is 17.7 Å². The summed E-state index contributed by atoms with van der Waals surface area (Å²) in [6.07, 6.45) is 18.2. The first-order valence-electron chi connectivity index (χ1n) is 19.4. The van der Waals surface area contributed by atoms with E-state index in [1.54, 1.807) is 12.2 Å². The normalized spacial score (nSPS) is 28.1. The van der Waals surface area contributed by atoms with Crippen LogP contribution in [0.4, 0.5) is 0 Å². The molecule has 0 spiro atoms. The van der Waals surface area contributed by atoms with Crippen molar-refractivity contribution in [3.8, 4) is 0 Å². The summed E-state index contributed by atoms with van der Waals surface area (Å²) in [5.41, 5.74) is 0. The Hall–Kier alpha value is -0.570. The number of ether oxygens (including phenoxy) is 1. The van der Waals surface area contributed by atoms with Crippen LogP contribution in [0, 0.1) is 23.7 Å². The SMILES string of the molecule is CCCCC[C@H](O)/C=C/C1[C@@H](CC(=O)CCCCC(=O)[O-])C(O)C[C@H]1O.CCCCC[C@H](O)/C=C/C1[C@H]2C/C(=C/CCCC(=O)[O-])OC2C[C@H]1O.[Na+].[Na+]. The maximum atomic E-state index is 12.1. The molecule has 2 aliphatic carbocycles. The predicted octanol–water partition coefficient (Wildman–Crippen LogP) is -2.81. The summed E-state index contributed by atoms with van der Waals surface area (Å²) in [6.45, 7) is 4.24. The van der Waals surface area contributed by atoms with Crippen LogP contribution in [-0.4, -0.2) is 79.9 Å². The van der Waals surface area contributed by atoms with Crippen LogP contribution in [0.15, 0.2) is 36.1 Å². The Kier molecular flexibility index (Phi) is 29.3. The monoisotopic (exact) mass is 766 g/mol. The summed E-state index contributed by atoms with van der Waals surface area (Å²) in [6, 6.07) is 0. The van der Waals surface area contributed by atoms with Crippen LogP contribution in [0.1, 0.15) is 136 Å².